The Morgan fingerprint density at radius 3 is 2.65 bits per heavy atom. The smallest absolute Gasteiger partial charge is 0.410 e. The number of hydrogen-bond donors (Lipinski definition) is 1. The Hall–Kier alpha value is -1.14. The average Bonchev–Trinajstić information content (AvgIpc) is 2.34. The maximum atomic E-state index is 12.1. The second-order valence-electron chi connectivity index (χ2n) is 6.62. The molecule has 0 aromatic heterocycles. The Morgan fingerprint density at radius 2 is 2.15 bits per heavy atom. The third kappa shape index (κ3) is 5.09. The van der Waals surface area contributed by atoms with Crippen LogP contribution in [-0.4, -0.2) is 59.8 Å². The van der Waals surface area contributed by atoms with Gasteiger partial charge in [0.2, 0.25) is 0 Å². The summed E-state index contributed by atoms with van der Waals surface area (Å²) in [5.74, 6) is 0. The van der Waals surface area contributed by atoms with Gasteiger partial charge in [-0.15, -0.1) is 0 Å². The Balaban J connectivity index is 2.68. The SMILES string of the molecule is CN(O)CCC1(C=O)CCCN(C(=O)OC(C)(C)C)C1. The molecule has 1 unspecified atom stereocenters. The van der Waals surface area contributed by atoms with Gasteiger partial charge in [0, 0.05) is 32.1 Å². The van der Waals surface area contributed by atoms with E-state index < -0.39 is 11.0 Å². The standard InChI is InChI=1S/C14H26N2O4/c1-13(2,3)20-12(18)16-8-5-6-14(10-16,11-17)7-9-15(4)19/h11,19H,5-10H2,1-4H3. The Bertz CT molecular complexity index is 352. The van der Waals surface area contributed by atoms with E-state index in [2.05, 4.69) is 0 Å². The maximum Gasteiger partial charge on any atom is 0.410 e. The first kappa shape index (κ1) is 16.9. The van der Waals surface area contributed by atoms with E-state index in [0.29, 0.717) is 26.1 Å². The predicted octanol–water partition coefficient (Wildman–Crippen LogP) is 1.91. The second kappa shape index (κ2) is 6.54. The number of aldehydes is 1. The van der Waals surface area contributed by atoms with Gasteiger partial charge in [-0.3, -0.25) is 0 Å². The van der Waals surface area contributed by atoms with Crippen LogP contribution in [0.2, 0.25) is 0 Å². The number of likely N-dealkylation sites (tertiary alicyclic amines) is 1. The summed E-state index contributed by atoms with van der Waals surface area (Å²) in [4.78, 5) is 25.2. The lowest BCUT2D eigenvalue weighted by Crippen LogP contribution is -2.49. The van der Waals surface area contributed by atoms with Crippen LogP contribution in [0.3, 0.4) is 0 Å². The molecule has 0 saturated carbocycles. The van der Waals surface area contributed by atoms with E-state index in [4.69, 9.17) is 4.74 Å². The first-order chi connectivity index (χ1) is 9.17. The molecule has 1 atom stereocenters. The van der Waals surface area contributed by atoms with Crippen molar-refractivity contribution in [3.05, 3.63) is 0 Å². The van der Waals surface area contributed by atoms with Crippen LogP contribution >= 0.6 is 0 Å². The molecular formula is C14H26N2O4. The Labute approximate surface area is 120 Å². The summed E-state index contributed by atoms with van der Waals surface area (Å²) in [6, 6.07) is 0. The van der Waals surface area contributed by atoms with Crippen LogP contribution in [0.4, 0.5) is 4.79 Å². The zero-order valence-electron chi connectivity index (χ0n) is 12.9. The molecule has 116 valence electrons. The molecule has 0 spiro atoms. The molecule has 6 nitrogen and oxygen atoms in total. The van der Waals surface area contributed by atoms with Gasteiger partial charge in [-0.1, -0.05) is 0 Å². The number of carbonyl (C=O) groups excluding carboxylic acids is 2. The highest BCUT2D eigenvalue weighted by Crippen LogP contribution is 2.32. The predicted molar refractivity (Wildman–Crippen MR) is 74.6 cm³/mol. The molecule has 1 rings (SSSR count). The molecule has 0 bridgehead atoms. The summed E-state index contributed by atoms with van der Waals surface area (Å²) in [5, 5.41) is 10.3. The van der Waals surface area contributed by atoms with E-state index in [9.17, 15) is 14.8 Å². The summed E-state index contributed by atoms with van der Waals surface area (Å²) >= 11 is 0. The summed E-state index contributed by atoms with van der Waals surface area (Å²) < 4.78 is 5.35. The lowest BCUT2D eigenvalue weighted by atomic mass is 9.78. The fourth-order valence-corrected chi connectivity index (χ4v) is 2.39. The third-order valence-corrected chi connectivity index (χ3v) is 3.44. The molecule has 1 saturated heterocycles. The molecule has 20 heavy (non-hydrogen) atoms. The van der Waals surface area contributed by atoms with Crippen LogP contribution < -0.4 is 0 Å². The number of piperidine rings is 1. The minimum Gasteiger partial charge on any atom is -0.444 e. The molecule has 1 amide bonds. The maximum absolute atomic E-state index is 12.1. The average molecular weight is 286 g/mol. The van der Waals surface area contributed by atoms with E-state index in [1.807, 2.05) is 20.8 Å². The molecular weight excluding hydrogens is 260 g/mol. The Kier molecular flexibility index (Phi) is 5.53. The lowest BCUT2D eigenvalue weighted by molar-refractivity contribution is -0.122. The fourth-order valence-electron chi connectivity index (χ4n) is 2.39. The molecule has 6 heteroatoms. The summed E-state index contributed by atoms with van der Waals surface area (Å²) in [6.45, 7) is 6.84. The molecule has 1 aliphatic rings. The van der Waals surface area contributed by atoms with Crippen LogP contribution in [0.25, 0.3) is 0 Å². The van der Waals surface area contributed by atoms with Gasteiger partial charge in [-0.2, -0.15) is 5.06 Å². The first-order valence-electron chi connectivity index (χ1n) is 7.02. The van der Waals surface area contributed by atoms with Crippen molar-refractivity contribution in [1.82, 2.24) is 9.96 Å². The molecule has 0 aliphatic carbocycles. The van der Waals surface area contributed by atoms with Crippen LogP contribution in [0.15, 0.2) is 0 Å². The van der Waals surface area contributed by atoms with Crippen molar-refractivity contribution in [2.75, 3.05) is 26.7 Å². The molecule has 0 aromatic carbocycles. The van der Waals surface area contributed by atoms with Crippen LogP contribution in [0, 0.1) is 5.41 Å². The molecule has 1 aliphatic heterocycles. The van der Waals surface area contributed by atoms with E-state index in [1.165, 1.54) is 0 Å². The molecule has 1 heterocycles. The highest BCUT2D eigenvalue weighted by molar-refractivity contribution is 5.70. The summed E-state index contributed by atoms with van der Waals surface area (Å²) in [6.07, 6.45) is 2.59. The highest BCUT2D eigenvalue weighted by atomic mass is 16.6. The number of nitrogens with zero attached hydrogens (tertiary/aromatic N) is 2. The van der Waals surface area contributed by atoms with E-state index in [-0.39, 0.29) is 6.09 Å². The van der Waals surface area contributed by atoms with Crippen molar-refractivity contribution in [2.45, 2.75) is 45.6 Å². The van der Waals surface area contributed by atoms with Gasteiger partial charge in [0.25, 0.3) is 0 Å². The number of ether oxygens (including phenoxy) is 1. The largest absolute Gasteiger partial charge is 0.444 e. The number of rotatable bonds is 4. The second-order valence-corrected chi connectivity index (χ2v) is 6.62. The van der Waals surface area contributed by atoms with Gasteiger partial charge in [-0.25, -0.2) is 4.79 Å². The topological polar surface area (TPSA) is 70.1 Å². The van der Waals surface area contributed by atoms with Gasteiger partial charge in [0.15, 0.2) is 0 Å². The highest BCUT2D eigenvalue weighted by Gasteiger charge is 2.38. The Morgan fingerprint density at radius 1 is 1.50 bits per heavy atom. The van der Waals surface area contributed by atoms with Crippen molar-refractivity contribution >= 4 is 12.4 Å². The van der Waals surface area contributed by atoms with Gasteiger partial charge in [0.1, 0.15) is 11.9 Å². The molecule has 0 aromatic rings. The van der Waals surface area contributed by atoms with Crippen molar-refractivity contribution < 1.29 is 19.5 Å². The molecule has 0 radical (unpaired) electrons. The van der Waals surface area contributed by atoms with Gasteiger partial charge in [-0.05, 0) is 40.0 Å². The molecule has 1 fully saturated rings. The quantitative estimate of drug-likeness (QED) is 0.631. The van der Waals surface area contributed by atoms with E-state index in [0.717, 1.165) is 24.2 Å². The summed E-state index contributed by atoms with van der Waals surface area (Å²) in [7, 11) is 1.55. The number of carbonyl (C=O) groups is 2. The van der Waals surface area contributed by atoms with Crippen LogP contribution in [0.5, 0.6) is 0 Å². The van der Waals surface area contributed by atoms with Gasteiger partial charge >= 0.3 is 6.09 Å². The molecule has 1 N–H and O–H groups in total. The summed E-state index contributed by atoms with van der Waals surface area (Å²) in [5.41, 5.74) is -1.12. The monoisotopic (exact) mass is 286 g/mol. The van der Waals surface area contributed by atoms with Gasteiger partial charge < -0.3 is 19.6 Å². The first-order valence-corrected chi connectivity index (χ1v) is 7.02. The zero-order valence-corrected chi connectivity index (χ0v) is 12.9. The number of amides is 1. The normalized spacial score (nSPS) is 23.8. The number of hydrogen-bond acceptors (Lipinski definition) is 5. The number of hydroxylamine groups is 2. The van der Waals surface area contributed by atoms with Crippen molar-refractivity contribution in [3.63, 3.8) is 0 Å². The van der Waals surface area contributed by atoms with E-state index in [1.54, 1.807) is 11.9 Å². The van der Waals surface area contributed by atoms with Crippen molar-refractivity contribution in [1.29, 1.82) is 0 Å². The fraction of sp³-hybridized carbons (Fsp3) is 0.857. The van der Waals surface area contributed by atoms with Crippen molar-refractivity contribution in [3.8, 4) is 0 Å². The van der Waals surface area contributed by atoms with Gasteiger partial charge in [0.05, 0.1) is 0 Å². The van der Waals surface area contributed by atoms with Crippen LogP contribution in [0.1, 0.15) is 40.0 Å². The van der Waals surface area contributed by atoms with Crippen LogP contribution in [-0.2, 0) is 9.53 Å². The lowest BCUT2D eigenvalue weighted by Gasteiger charge is -2.40. The van der Waals surface area contributed by atoms with Crippen molar-refractivity contribution in [2.24, 2.45) is 5.41 Å². The minimum absolute atomic E-state index is 0.360. The third-order valence-electron chi connectivity index (χ3n) is 3.44. The zero-order chi connectivity index (χ0) is 15.4. The van der Waals surface area contributed by atoms with E-state index >= 15 is 0 Å². The minimum atomic E-state index is -0.577.